The van der Waals surface area contributed by atoms with Gasteiger partial charge in [-0.2, -0.15) is 4.98 Å². The number of amides is 1. The third-order valence-corrected chi connectivity index (χ3v) is 7.40. The van der Waals surface area contributed by atoms with Crippen molar-refractivity contribution in [2.75, 3.05) is 18.5 Å². The Morgan fingerprint density at radius 3 is 2.42 bits per heavy atom. The van der Waals surface area contributed by atoms with E-state index in [1.165, 1.54) is 11.3 Å². The number of nitrogens with zero attached hydrogens (tertiary/aromatic N) is 1. The molecule has 0 bridgehead atoms. The maximum Gasteiger partial charge on any atom is 0.346 e. The summed E-state index contributed by atoms with van der Waals surface area (Å²) in [7, 11) is 0. The SMILES string of the molecule is CCOC(=O)c1c(SC(C)C(=O)Nc2sc3c(c2C(=O)OCC)CCCC3)nc(=O)[nH]c1C. The molecule has 2 N–H and O–H groups in total. The van der Waals surface area contributed by atoms with E-state index in [-0.39, 0.29) is 29.7 Å². The summed E-state index contributed by atoms with van der Waals surface area (Å²) in [5, 5.41) is 2.74. The number of ether oxygens (including phenoxy) is 2. The average Bonchev–Trinajstić information content (AvgIpc) is 3.11. The number of thiophene rings is 1. The second kappa shape index (κ2) is 11.0. The molecule has 178 valence electrons. The molecule has 0 aromatic carbocycles. The van der Waals surface area contributed by atoms with E-state index in [0.717, 1.165) is 47.9 Å². The lowest BCUT2D eigenvalue weighted by atomic mass is 9.95. The molecule has 1 amide bonds. The number of rotatable bonds is 8. The van der Waals surface area contributed by atoms with Gasteiger partial charge >= 0.3 is 17.6 Å². The van der Waals surface area contributed by atoms with E-state index < -0.39 is 22.9 Å². The molecule has 1 unspecified atom stereocenters. The zero-order valence-electron chi connectivity index (χ0n) is 19.0. The Bertz CT molecular complexity index is 1120. The van der Waals surface area contributed by atoms with Gasteiger partial charge in [0, 0.05) is 10.6 Å². The van der Waals surface area contributed by atoms with E-state index in [4.69, 9.17) is 9.47 Å². The van der Waals surface area contributed by atoms with Crippen LogP contribution >= 0.6 is 23.1 Å². The summed E-state index contributed by atoms with van der Waals surface area (Å²) in [5.74, 6) is -1.44. The minimum atomic E-state index is -0.707. The van der Waals surface area contributed by atoms with E-state index >= 15 is 0 Å². The van der Waals surface area contributed by atoms with Gasteiger partial charge < -0.3 is 19.8 Å². The second-order valence-electron chi connectivity index (χ2n) is 7.45. The van der Waals surface area contributed by atoms with Gasteiger partial charge in [0.25, 0.3) is 0 Å². The van der Waals surface area contributed by atoms with Gasteiger partial charge in [0.1, 0.15) is 15.6 Å². The fourth-order valence-electron chi connectivity index (χ4n) is 3.60. The van der Waals surface area contributed by atoms with Crippen LogP contribution in [0.2, 0.25) is 0 Å². The summed E-state index contributed by atoms with van der Waals surface area (Å²) >= 11 is 2.38. The van der Waals surface area contributed by atoms with Gasteiger partial charge in [-0.3, -0.25) is 4.79 Å². The minimum Gasteiger partial charge on any atom is -0.462 e. The van der Waals surface area contributed by atoms with Crippen molar-refractivity contribution in [3.8, 4) is 0 Å². The molecule has 11 heteroatoms. The Hall–Kier alpha value is -2.66. The first-order valence-electron chi connectivity index (χ1n) is 10.8. The lowest BCUT2D eigenvalue weighted by Crippen LogP contribution is -2.25. The molecule has 0 radical (unpaired) electrons. The van der Waals surface area contributed by atoms with E-state index in [0.29, 0.717) is 16.3 Å². The van der Waals surface area contributed by atoms with Crippen molar-refractivity contribution in [3.63, 3.8) is 0 Å². The summed E-state index contributed by atoms with van der Waals surface area (Å²) in [4.78, 5) is 57.4. The predicted octanol–water partition coefficient (Wildman–Crippen LogP) is 3.49. The monoisotopic (exact) mass is 493 g/mol. The first-order valence-corrected chi connectivity index (χ1v) is 12.5. The van der Waals surface area contributed by atoms with Crippen LogP contribution in [0.1, 0.15) is 70.5 Å². The molecule has 2 aromatic rings. The maximum absolute atomic E-state index is 13.0. The van der Waals surface area contributed by atoms with Crippen molar-refractivity contribution >= 4 is 45.9 Å². The van der Waals surface area contributed by atoms with Crippen LogP contribution in [0.5, 0.6) is 0 Å². The van der Waals surface area contributed by atoms with Crippen LogP contribution in [0.15, 0.2) is 9.82 Å². The Kier molecular flexibility index (Phi) is 8.30. The van der Waals surface area contributed by atoms with Gasteiger partial charge in [-0.25, -0.2) is 14.4 Å². The van der Waals surface area contributed by atoms with Crippen LogP contribution in [0, 0.1) is 6.92 Å². The number of fused-ring (bicyclic) bond motifs is 1. The number of aryl methyl sites for hydroxylation is 2. The molecule has 1 atom stereocenters. The van der Waals surface area contributed by atoms with Crippen molar-refractivity contribution in [3.05, 3.63) is 37.7 Å². The largest absolute Gasteiger partial charge is 0.462 e. The number of hydrogen-bond donors (Lipinski definition) is 2. The first-order chi connectivity index (χ1) is 15.8. The topological polar surface area (TPSA) is 127 Å². The lowest BCUT2D eigenvalue weighted by molar-refractivity contribution is -0.115. The number of hydrogen-bond acceptors (Lipinski definition) is 9. The van der Waals surface area contributed by atoms with Gasteiger partial charge in [-0.1, -0.05) is 11.8 Å². The molecular weight excluding hydrogens is 466 g/mol. The molecule has 0 spiro atoms. The zero-order chi connectivity index (χ0) is 24.1. The van der Waals surface area contributed by atoms with Crippen LogP contribution < -0.4 is 11.0 Å². The van der Waals surface area contributed by atoms with E-state index in [1.807, 2.05) is 0 Å². The lowest BCUT2D eigenvalue weighted by Gasteiger charge is -2.15. The van der Waals surface area contributed by atoms with Crippen molar-refractivity contribution < 1.29 is 23.9 Å². The number of anilines is 1. The Balaban J connectivity index is 1.85. The summed E-state index contributed by atoms with van der Waals surface area (Å²) in [6.45, 7) is 7.05. The van der Waals surface area contributed by atoms with Crippen molar-refractivity contribution in [2.45, 2.75) is 63.7 Å². The molecule has 33 heavy (non-hydrogen) atoms. The van der Waals surface area contributed by atoms with Crippen molar-refractivity contribution in [1.82, 2.24) is 9.97 Å². The summed E-state index contributed by atoms with van der Waals surface area (Å²) in [6, 6.07) is 0. The maximum atomic E-state index is 13.0. The molecule has 0 saturated carbocycles. The van der Waals surface area contributed by atoms with E-state index in [2.05, 4.69) is 15.3 Å². The Labute approximate surface area is 199 Å². The molecule has 0 fully saturated rings. The molecule has 1 aliphatic carbocycles. The van der Waals surface area contributed by atoms with E-state index in [9.17, 15) is 19.2 Å². The third-order valence-electron chi connectivity index (χ3n) is 5.11. The number of carbonyl (C=O) groups is 3. The smallest absolute Gasteiger partial charge is 0.346 e. The number of nitrogens with one attached hydrogen (secondary N) is 2. The molecule has 9 nitrogen and oxygen atoms in total. The molecule has 1 aliphatic rings. The van der Waals surface area contributed by atoms with Gasteiger partial charge in [-0.05, 0) is 58.9 Å². The number of thioether (sulfide) groups is 1. The fourth-order valence-corrected chi connectivity index (χ4v) is 5.87. The highest BCUT2D eigenvalue weighted by molar-refractivity contribution is 8.00. The molecule has 0 saturated heterocycles. The molecule has 2 heterocycles. The van der Waals surface area contributed by atoms with Crippen LogP contribution in [-0.2, 0) is 27.1 Å². The normalized spacial score (nSPS) is 13.7. The number of aromatic nitrogens is 2. The quantitative estimate of drug-likeness (QED) is 0.325. The molecule has 2 aromatic heterocycles. The van der Waals surface area contributed by atoms with Crippen LogP contribution in [0.4, 0.5) is 5.00 Å². The van der Waals surface area contributed by atoms with Gasteiger partial charge in [0.15, 0.2) is 0 Å². The van der Waals surface area contributed by atoms with Gasteiger partial charge in [0.2, 0.25) is 5.91 Å². The van der Waals surface area contributed by atoms with Gasteiger partial charge in [0.05, 0.1) is 24.0 Å². The first kappa shape index (κ1) is 25.0. The third kappa shape index (κ3) is 5.64. The van der Waals surface area contributed by atoms with Crippen LogP contribution in [0.25, 0.3) is 0 Å². The highest BCUT2D eigenvalue weighted by Gasteiger charge is 2.29. The highest BCUT2D eigenvalue weighted by Crippen LogP contribution is 2.39. The van der Waals surface area contributed by atoms with Crippen molar-refractivity contribution in [1.29, 1.82) is 0 Å². The Morgan fingerprint density at radius 2 is 1.76 bits per heavy atom. The average molecular weight is 494 g/mol. The van der Waals surface area contributed by atoms with Crippen LogP contribution in [-0.4, -0.2) is 46.3 Å². The number of esters is 2. The standard InChI is InChI=1S/C22H27N3O6S2/c1-5-30-20(27)15-11(3)23-22(29)25-18(15)32-12(4)17(26)24-19-16(21(28)31-6-2)13-9-7-8-10-14(13)33-19/h12H,5-10H2,1-4H3,(H,24,26)(H,23,25,29). The number of aromatic amines is 1. The van der Waals surface area contributed by atoms with Crippen LogP contribution in [0.3, 0.4) is 0 Å². The second-order valence-corrected chi connectivity index (χ2v) is 9.89. The summed E-state index contributed by atoms with van der Waals surface area (Å²) in [5.41, 5.74) is 1.21. The minimum absolute atomic E-state index is 0.119. The van der Waals surface area contributed by atoms with Gasteiger partial charge in [-0.15, -0.1) is 11.3 Å². The summed E-state index contributed by atoms with van der Waals surface area (Å²) in [6.07, 6.45) is 3.67. The van der Waals surface area contributed by atoms with E-state index in [1.54, 1.807) is 27.7 Å². The summed E-state index contributed by atoms with van der Waals surface area (Å²) < 4.78 is 10.3. The molecule has 0 aliphatic heterocycles. The number of carbonyl (C=O) groups excluding carboxylic acids is 3. The fraction of sp³-hybridized carbons (Fsp3) is 0.500. The highest BCUT2D eigenvalue weighted by atomic mass is 32.2. The molecular formula is C22H27N3O6S2. The predicted molar refractivity (Wildman–Crippen MR) is 126 cm³/mol. The molecule has 3 rings (SSSR count). The zero-order valence-corrected chi connectivity index (χ0v) is 20.7. The Morgan fingerprint density at radius 1 is 1.12 bits per heavy atom. The number of H-pyrrole nitrogens is 1. The van der Waals surface area contributed by atoms with Crippen molar-refractivity contribution in [2.24, 2.45) is 0 Å².